The van der Waals surface area contributed by atoms with E-state index in [2.05, 4.69) is 9.56 Å². The van der Waals surface area contributed by atoms with Crippen LogP contribution >= 0.6 is 0 Å². The summed E-state index contributed by atoms with van der Waals surface area (Å²) < 4.78 is 86.1. The fourth-order valence-electron chi connectivity index (χ4n) is 5.21. The van der Waals surface area contributed by atoms with Gasteiger partial charge in [0.1, 0.15) is 12.6 Å². The van der Waals surface area contributed by atoms with E-state index in [1.54, 1.807) is 6.92 Å². The van der Waals surface area contributed by atoms with Gasteiger partial charge >= 0.3 is 12.4 Å². The van der Waals surface area contributed by atoms with E-state index in [0.29, 0.717) is 30.2 Å². The molecule has 0 saturated heterocycles. The van der Waals surface area contributed by atoms with E-state index in [0.717, 1.165) is 57.2 Å². The van der Waals surface area contributed by atoms with Gasteiger partial charge < -0.3 is 9.30 Å². The number of rotatable bonds is 4. The summed E-state index contributed by atoms with van der Waals surface area (Å²) in [6.45, 7) is 2.70. The maximum absolute atomic E-state index is 13.1. The Bertz CT molecular complexity index is 1630. The molecule has 40 heavy (non-hydrogen) atoms. The van der Waals surface area contributed by atoms with Gasteiger partial charge in [-0.05, 0) is 58.7 Å². The summed E-state index contributed by atoms with van der Waals surface area (Å²) in [5.74, 6) is 0.599. The minimum atomic E-state index is -4.41. The van der Waals surface area contributed by atoms with Crippen LogP contribution in [0.25, 0.3) is 44.1 Å². The molecule has 1 aromatic heterocycles. The predicted octanol–water partition coefficient (Wildman–Crippen LogP) is 8.98. The van der Waals surface area contributed by atoms with Crippen molar-refractivity contribution in [3.63, 3.8) is 0 Å². The lowest BCUT2D eigenvalue weighted by atomic mass is 10.0. The van der Waals surface area contributed by atoms with E-state index >= 15 is 0 Å². The van der Waals surface area contributed by atoms with Gasteiger partial charge in [0.15, 0.2) is 5.90 Å². The van der Waals surface area contributed by atoms with Crippen LogP contribution in [0.1, 0.15) is 18.1 Å². The average Bonchev–Trinajstić information content (AvgIpc) is 3.48. The molecule has 0 aliphatic carbocycles. The zero-order chi connectivity index (χ0) is 28.2. The number of hydrogen-bond donors (Lipinski definition) is 0. The Morgan fingerprint density at radius 2 is 1.10 bits per heavy atom. The van der Waals surface area contributed by atoms with Crippen molar-refractivity contribution in [1.82, 2.24) is 4.57 Å². The number of fused-ring (bicyclic) bond motifs is 3. The van der Waals surface area contributed by atoms with E-state index < -0.39 is 23.5 Å². The predicted molar refractivity (Wildman–Crippen MR) is 143 cm³/mol. The summed E-state index contributed by atoms with van der Waals surface area (Å²) in [6, 6.07) is 21.5. The molecular formula is C31H22F6N2O. The SMILES string of the molecule is CC1=NC(Cn2c3cc(-c4ccc(C(F)(F)F)cc4)ccc3c3ccc(-c4ccc(C(F)(F)F)cc4)cc32)CO1. The number of benzene rings is 4. The van der Waals surface area contributed by atoms with Gasteiger partial charge in [-0.2, -0.15) is 26.3 Å². The lowest BCUT2D eigenvalue weighted by molar-refractivity contribution is -0.138. The summed E-state index contributed by atoms with van der Waals surface area (Å²) in [6.07, 6.45) is -8.83. The third-order valence-corrected chi connectivity index (χ3v) is 7.20. The highest BCUT2D eigenvalue weighted by Gasteiger charge is 2.31. The molecule has 0 spiro atoms. The van der Waals surface area contributed by atoms with Crippen LogP contribution in [-0.4, -0.2) is 23.1 Å². The molecule has 204 valence electrons. The monoisotopic (exact) mass is 552 g/mol. The normalized spacial score (nSPS) is 16.0. The van der Waals surface area contributed by atoms with Gasteiger partial charge in [0, 0.05) is 35.3 Å². The Morgan fingerprint density at radius 1 is 0.675 bits per heavy atom. The van der Waals surface area contributed by atoms with Gasteiger partial charge in [-0.3, -0.25) is 0 Å². The van der Waals surface area contributed by atoms with Crippen molar-refractivity contribution >= 4 is 27.7 Å². The van der Waals surface area contributed by atoms with Crippen molar-refractivity contribution in [2.75, 3.05) is 6.61 Å². The van der Waals surface area contributed by atoms with Crippen molar-refractivity contribution in [3.8, 4) is 22.3 Å². The first-order chi connectivity index (χ1) is 19.0. The molecule has 4 aromatic carbocycles. The molecule has 0 N–H and O–H groups in total. The summed E-state index contributed by atoms with van der Waals surface area (Å²) in [4.78, 5) is 4.56. The van der Waals surface area contributed by atoms with Crippen LogP contribution in [0.2, 0.25) is 0 Å². The number of alkyl halides is 6. The quantitative estimate of drug-likeness (QED) is 0.205. The molecule has 1 aliphatic rings. The van der Waals surface area contributed by atoms with Gasteiger partial charge in [0.25, 0.3) is 0 Å². The molecule has 0 bridgehead atoms. The van der Waals surface area contributed by atoms with Crippen LogP contribution < -0.4 is 0 Å². The molecule has 9 heteroatoms. The summed E-state index contributed by atoms with van der Waals surface area (Å²) in [7, 11) is 0. The van der Waals surface area contributed by atoms with Gasteiger partial charge in [0.2, 0.25) is 0 Å². The van der Waals surface area contributed by atoms with Crippen molar-refractivity contribution in [3.05, 3.63) is 96.1 Å². The fourth-order valence-corrected chi connectivity index (χ4v) is 5.21. The third-order valence-electron chi connectivity index (χ3n) is 7.20. The second-order valence-corrected chi connectivity index (χ2v) is 9.84. The molecule has 2 heterocycles. The number of aromatic nitrogens is 1. The van der Waals surface area contributed by atoms with Crippen LogP contribution in [-0.2, 0) is 23.6 Å². The average molecular weight is 553 g/mol. The van der Waals surface area contributed by atoms with Gasteiger partial charge in [-0.25, -0.2) is 4.99 Å². The molecule has 3 nitrogen and oxygen atoms in total. The van der Waals surface area contributed by atoms with Gasteiger partial charge in [-0.1, -0.05) is 48.5 Å². The molecular weight excluding hydrogens is 530 g/mol. The molecule has 0 amide bonds. The molecule has 1 unspecified atom stereocenters. The van der Waals surface area contributed by atoms with E-state index in [1.807, 2.05) is 36.4 Å². The lowest BCUT2D eigenvalue weighted by Crippen LogP contribution is -2.15. The van der Waals surface area contributed by atoms with Crippen LogP contribution in [0.4, 0.5) is 26.3 Å². The Morgan fingerprint density at radius 3 is 1.48 bits per heavy atom. The van der Waals surface area contributed by atoms with Crippen molar-refractivity contribution in [1.29, 1.82) is 0 Å². The Hall–Kier alpha value is -4.27. The van der Waals surface area contributed by atoms with Crippen LogP contribution in [0.5, 0.6) is 0 Å². The molecule has 1 aliphatic heterocycles. The Kier molecular flexibility index (Phi) is 6.12. The second kappa shape index (κ2) is 9.43. The van der Waals surface area contributed by atoms with Gasteiger partial charge in [0.05, 0.1) is 11.1 Å². The summed E-state index contributed by atoms with van der Waals surface area (Å²) in [5, 5.41) is 1.90. The Labute approximate surface area is 225 Å². The highest BCUT2D eigenvalue weighted by atomic mass is 19.4. The highest BCUT2D eigenvalue weighted by Crippen LogP contribution is 2.37. The maximum atomic E-state index is 13.1. The number of nitrogens with zero attached hydrogens (tertiary/aromatic N) is 2. The maximum Gasteiger partial charge on any atom is 0.416 e. The standard InChI is InChI=1S/C31H22F6N2O/c1-18-38-25(17-40-18)16-39-28-14-21(19-2-8-23(9-3-19)30(32,33)34)6-12-26(28)27-13-7-22(15-29(27)39)20-4-10-24(11-5-20)31(35,36)37/h2-15,25H,16-17H2,1H3. The first-order valence-electron chi connectivity index (χ1n) is 12.6. The van der Waals surface area contributed by atoms with Crippen LogP contribution in [0.3, 0.4) is 0 Å². The van der Waals surface area contributed by atoms with E-state index in [4.69, 9.17) is 4.74 Å². The van der Waals surface area contributed by atoms with Crippen LogP contribution in [0.15, 0.2) is 89.9 Å². The molecule has 1 atom stereocenters. The third kappa shape index (κ3) is 4.80. The van der Waals surface area contributed by atoms with Crippen LogP contribution in [0, 0.1) is 0 Å². The zero-order valence-corrected chi connectivity index (χ0v) is 21.1. The largest absolute Gasteiger partial charge is 0.479 e. The zero-order valence-electron chi connectivity index (χ0n) is 21.1. The van der Waals surface area contributed by atoms with Crippen molar-refractivity contribution in [2.45, 2.75) is 31.9 Å². The van der Waals surface area contributed by atoms with E-state index in [9.17, 15) is 26.3 Å². The second-order valence-electron chi connectivity index (χ2n) is 9.84. The lowest BCUT2D eigenvalue weighted by Gasteiger charge is -2.12. The number of aliphatic imine (C=N–C) groups is 1. The number of hydrogen-bond acceptors (Lipinski definition) is 2. The van der Waals surface area contributed by atoms with Crippen molar-refractivity contribution in [2.24, 2.45) is 4.99 Å². The van der Waals surface area contributed by atoms with E-state index in [-0.39, 0.29) is 6.04 Å². The Balaban J connectivity index is 1.48. The van der Waals surface area contributed by atoms with Gasteiger partial charge in [-0.15, -0.1) is 0 Å². The molecule has 5 aromatic rings. The summed E-state index contributed by atoms with van der Waals surface area (Å²) >= 11 is 0. The minimum Gasteiger partial charge on any atom is -0.479 e. The van der Waals surface area contributed by atoms with Crippen molar-refractivity contribution < 1.29 is 31.1 Å². The topological polar surface area (TPSA) is 26.5 Å². The molecule has 0 saturated carbocycles. The fraction of sp³-hybridized carbons (Fsp3) is 0.194. The number of ether oxygens (including phenoxy) is 1. The highest BCUT2D eigenvalue weighted by molar-refractivity contribution is 6.10. The smallest absolute Gasteiger partial charge is 0.416 e. The first-order valence-corrected chi connectivity index (χ1v) is 12.6. The molecule has 6 rings (SSSR count). The summed E-state index contributed by atoms with van der Waals surface area (Å²) in [5.41, 5.74) is 3.14. The number of halogens is 6. The molecule has 0 radical (unpaired) electrons. The minimum absolute atomic E-state index is 0.136. The molecule has 0 fully saturated rings. The van der Waals surface area contributed by atoms with E-state index in [1.165, 1.54) is 24.3 Å². The first kappa shape index (κ1) is 26.0.